The van der Waals surface area contributed by atoms with E-state index in [9.17, 15) is 8.78 Å². The van der Waals surface area contributed by atoms with Crippen LogP contribution < -0.4 is 4.74 Å². The fourth-order valence-electron chi connectivity index (χ4n) is 1.43. The third kappa shape index (κ3) is 2.79. The Balaban J connectivity index is 2.29. The number of ether oxygens (including phenoxy) is 1. The summed E-state index contributed by atoms with van der Waals surface area (Å²) in [5.41, 5.74) is 0.314. The average Bonchev–Trinajstić information content (AvgIpc) is 2.31. The molecule has 0 aliphatic carbocycles. The van der Waals surface area contributed by atoms with E-state index in [0.29, 0.717) is 17.1 Å². The largest absolute Gasteiger partial charge is 0.457 e. The second-order valence-corrected chi connectivity index (χ2v) is 3.47. The van der Waals surface area contributed by atoms with Crippen LogP contribution in [0.15, 0.2) is 42.5 Å². The fraction of sp³-hybridized carbons (Fsp3) is 0.0769. The van der Waals surface area contributed by atoms with Gasteiger partial charge in [0, 0.05) is 11.6 Å². The van der Waals surface area contributed by atoms with Gasteiger partial charge >= 0.3 is 0 Å². The molecular formula is C13H10F2O2. The molecule has 0 aliphatic rings. The number of hydrogen-bond acceptors (Lipinski definition) is 2. The zero-order valence-electron chi connectivity index (χ0n) is 8.86. The van der Waals surface area contributed by atoms with Gasteiger partial charge in [-0.1, -0.05) is 6.07 Å². The highest BCUT2D eigenvalue weighted by Gasteiger charge is 2.06. The van der Waals surface area contributed by atoms with Crippen molar-refractivity contribution >= 4 is 0 Å². The van der Waals surface area contributed by atoms with E-state index in [1.54, 1.807) is 6.07 Å². The van der Waals surface area contributed by atoms with Gasteiger partial charge in [0.25, 0.3) is 0 Å². The van der Waals surface area contributed by atoms with Crippen molar-refractivity contribution in [1.82, 2.24) is 0 Å². The quantitative estimate of drug-likeness (QED) is 0.886. The maximum Gasteiger partial charge on any atom is 0.133 e. The van der Waals surface area contributed by atoms with Gasteiger partial charge in [0.2, 0.25) is 0 Å². The number of benzene rings is 2. The number of hydrogen-bond donors (Lipinski definition) is 1. The molecule has 17 heavy (non-hydrogen) atoms. The van der Waals surface area contributed by atoms with Gasteiger partial charge in [-0.2, -0.15) is 0 Å². The van der Waals surface area contributed by atoms with Crippen LogP contribution in [0.25, 0.3) is 0 Å². The van der Waals surface area contributed by atoms with Gasteiger partial charge < -0.3 is 9.84 Å². The monoisotopic (exact) mass is 236 g/mol. The van der Waals surface area contributed by atoms with Crippen molar-refractivity contribution in [3.05, 3.63) is 59.7 Å². The summed E-state index contributed by atoms with van der Waals surface area (Å²) in [6.45, 7) is -0.345. The molecule has 0 saturated heterocycles. The first-order chi connectivity index (χ1) is 8.19. The molecule has 0 fully saturated rings. The molecule has 0 amide bonds. The Bertz CT molecular complexity index is 527. The van der Waals surface area contributed by atoms with E-state index in [2.05, 4.69) is 0 Å². The Morgan fingerprint density at radius 3 is 2.47 bits per heavy atom. The molecule has 0 heterocycles. The Morgan fingerprint density at radius 2 is 1.76 bits per heavy atom. The summed E-state index contributed by atoms with van der Waals surface area (Å²) in [6, 6.07) is 9.38. The summed E-state index contributed by atoms with van der Waals surface area (Å²) >= 11 is 0. The molecule has 2 rings (SSSR count). The molecule has 0 atom stereocenters. The van der Waals surface area contributed by atoms with Crippen molar-refractivity contribution < 1.29 is 18.6 Å². The highest BCUT2D eigenvalue weighted by atomic mass is 19.1. The van der Waals surface area contributed by atoms with E-state index < -0.39 is 11.6 Å². The number of halogens is 2. The van der Waals surface area contributed by atoms with Crippen molar-refractivity contribution in [2.75, 3.05) is 0 Å². The van der Waals surface area contributed by atoms with E-state index in [0.717, 1.165) is 0 Å². The van der Waals surface area contributed by atoms with Crippen LogP contribution in [0.5, 0.6) is 11.5 Å². The molecule has 4 heteroatoms. The van der Waals surface area contributed by atoms with Gasteiger partial charge in [0.15, 0.2) is 0 Å². The minimum Gasteiger partial charge on any atom is -0.457 e. The van der Waals surface area contributed by atoms with Gasteiger partial charge in [0.05, 0.1) is 6.61 Å². The standard InChI is InChI=1S/C13H10F2O2/c14-10-2-1-3-12(7-10)17-13-5-4-11(15)6-9(13)8-16/h1-7,16H,8H2. The maximum absolute atomic E-state index is 12.9. The zero-order valence-corrected chi connectivity index (χ0v) is 8.86. The van der Waals surface area contributed by atoms with Crippen LogP contribution >= 0.6 is 0 Å². The molecule has 0 saturated carbocycles. The van der Waals surface area contributed by atoms with E-state index >= 15 is 0 Å². The van der Waals surface area contributed by atoms with Crippen molar-refractivity contribution in [3.8, 4) is 11.5 Å². The first-order valence-corrected chi connectivity index (χ1v) is 5.02. The van der Waals surface area contributed by atoms with Gasteiger partial charge in [0.1, 0.15) is 23.1 Å². The first kappa shape index (κ1) is 11.5. The Hall–Kier alpha value is -1.94. The van der Waals surface area contributed by atoms with E-state index in [-0.39, 0.29) is 6.61 Å². The van der Waals surface area contributed by atoms with Crippen LogP contribution in [0.1, 0.15) is 5.56 Å². The summed E-state index contributed by atoms with van der Waals surface area (Å²) in [5.74, 6) is -0.276. The molecule has 2 aromatic carbocycles. The lowest BCUT2D eigenvalue weighted by Crippen LogP contribution is -1.93. The fourth-order valence-corrected chi connectivity index (χ4v) is 1.43. The minimum absolute atomic E-state index is 0.298. The molecular weight excluding hydrogens is 226 g/mol. The molecule has 0 bridgehead atoms. The maximum atomic E-state index is 12.9. The molecule has 2 nitrogen and oxygen atoms in total. The second-order valence-electron chi connectivity index (χ2n) is 3.47. The van der Waals surface area contributed by atoms with E-state index in [1.807, 2.05) is 0 Å². The van der Waals surface area contributed by atoms with Crippen LogP contribution in [0.2, 0.25) is 0 Å². The Labute approximate surface area is 97.1 Å². The summed E-state index contributed by atoms with van der Waals surface area (Å²) in [6.07, 6.45) is 0. The molecule has 1 N–H and O–H groups in total. The molecule has 0 aromatic heterocycles. The highest BCUT2D eigenvalue weighted by molar-refractivity contribution is 5.37. The number of aliphatic hydroxyl groups excluding tert-OH is 1. The summed E-state index contributed by atoms with van der Waals surface area (Å²) in [4.78, 5) is 0. The topological polar surface area (TPSA) is 29.5 Å². The van der Waals surface area contributed by atoms with Crippen molar-refractivity contribution in [1.29, 1.82) is 0 Å². The third-order valence-electron chi connectivity index (χ3n) is 2.22. The van der Waals surface area contributed by atoms with Crippen LogP contribution in [0.3, 0.4) is 0 Å². The van der Waals surface area contributed by atoms with Crippen molar-refractivity contribution in [3.63, 3.8) is 0 Å². The van der Waals surface area contributed by atoms with Gasteiger partial charge in [-0.3, -0.25) is 0 Å². The summed E-state index contributed by atoms with van der Waals surface area (Å²) in [7, 11) is 0. The zero-order chi connectivity index (χ0) is 12.3. The first-order valence-electron chi connectivity index (χ1n) is 5.02. The van der Waals surface area contributed by atoms with Crippen LogP contribution in [0.4, 0.5) is 8.78 Å². The number of aliphatic hydroxyl groups is 1. The molecule has 88 valence electrons. The lowest BCUT2D eigenvalue weighted by Gasteiger charge is -2.09. The van der Waals surface area contributed by atoms with Gasteiger partial charge in [-0.05, 0) is 30.3 Å². The lowest BCUT2D eigenvalue weighted by atomic mass is 10.2. The van der Waals surface area contributed by atoms with Crippen molar-refractivity contribution in [2.45, 2.75) is 6.61 Å². The third-order valence-corrected chi connectivity index (χ3v) is 2.22. The second kappa shape index (κ2) is 4.93. The van der Waals surface area contributed by atoms with Gasteiger partial charge in [-0.15, -0.1) is 0 Å². The average molecular weight is 236 g/mol. The molecule has 0 aliphatic heterocycles. The predicted octanol–water partition coefficient (Wildman–Crippen LogP) is 3.25. The minimum atomic E-state index is -0.458. The summed E-state index contributed by atoms with van der Waals surface area (Å²) < 4.78 is 31.2. The normalized spacial score (nSPS) is 10.3. The lowest BCUT2D eigenvalue weighted by molar-refractivity contribution is 0.275. The van der Waals surface area contributed by atoms with Crippen LogP contribution in [-0.4, -0.2) is 5.11 Å². The van der Waals surface area contributed by atoms with Crippen LogP contribution in [0, 0.1) is 11.6 Å². The smallest absolute Gasteiger partial charge is 0.133 e. The van der Waals surface area contributed by atoms with Crippen LogP contribution in [-0.2, 0) is 6.61 Å². The highest BCUT2D eigenvalue weighted by Crippen LogP contribution is 2.26. The summed E-state index contributed by atoms with van der Waals surface area (Å²) in [5, 5.41) is 9.05. The molecule has 0 radical (unpaired) electrons. The predicted molar refractivity (Wildman–Crippen MR) is 58.8 cm³/mol. The number of rotatable bonds is 3. The Morgan fingerprint density at radius 1 is 1.00 bits per heavy atom. The van der Waals surface area contributed by atoms with Gasteiger partial charge in [-0.25, -0.2) is 8.78 Å². The molecule has 0 unspecified atom stereocenters. The molecule has 2 aromatic rings. The van der Waals surface area contributed by atoms with E-state index in [1.165, 1.54) is 36.4 Å². The molecule has 0 spiro atoms. The van der Waals surface area contributed by atoms with Crippen molar-refractivity contribution in [2.24, 2.45) is 0 Å². The SMILES string of the molecule is OCc1cc(F)ccc1Oc1cccc(F)c1. The Kier molecular flexibility index (Phi) is 3.35. The van der Waals surface area contributed by atoms with E-state index in [4.69, 9.17) is 9.84 Å².